The topological polar surface area (TPSA) is 42.0 Å². The van der Waals surface area contributed by atoms with Crippen LogP contribution in [0.1, 0.15) is 10.4 Å². The minimum absolute atomic E-state index is 0.0275. The number of halogens is 4. The third kappa shape index (κ3) is 2.90. The van der Waals surface area contributed by atoms with Crippen LogP contribution in [0.25, 0.3) is 10.2 Å². The zero-order valence-electron chi connectivity index (χ0n) is 10.7. The lowest BCUT2D eigenvalue weighted by Crippen LogP contribution is -2.12. The van der Waals surface area contributed by atoms with Gasteiger partial charge in [-0.25, -0.2) is 9.37 Å². The molecule has 3 nitrogen and oxygen atoms in total. The standard InChI is InChI=1S/C14H6Cl3FN2OS/c15-8-3-4-10-12(11(8)17)19-14(22-10)20-13(21)7-2-1-6(18)5-9(7)16/h1-5H,(H,19,20,21). The molecule has 2 aromatic carbocycles. The summed E-state index contributed by atoms with van der Waals surface area (Å²) in [6.07, 6.45) is 0. The highest BCUT2D eigenvalue weighted by molar-refractivity contribution is 7.22. The molecule has 1 heterocycles. The molecule has 0 aliphatic rings. The van der Waals surface area contributed by atoms with Crippen LogP contribution in [0.3, 0.4) is 0 Å². The molecule has 0 saturated carbocycles. The van der Waals surface area contributed by atoms with Crippen LogP contribution in [0, 0.1) is 5.82 Å². The van der Waals surface area contributed by atoms with E-state index in [-0.39, 0.29) is 10.6 Å². The van der Waals surface area contributed by atoms with Crippen molar-refractivity contribution in [2.45, 2.75) is 0 Å². The smallest absolute Gasteiger partial charge is 0.258 e. The zero-order valence-corrected chi connectivity index (χ0v) is 13.7. The first-order chi connectivity index (χ1) is 10.5. The molecule has 3 rings (SSSR count). The summed E-state index contributed by atoms with van der Waals surface area (Å²) < 4.78 is 13.8. The second-order valence-corrected chi connectivity index (χ2v) is 6.53. The first-order valence-electron chi connectivity index (χ1n) is 5.96. The number of hydrogen-bond donors (Lipinski definition) is 1. The Bertz CT molecular complexity index is 897. The van der Waals surface area contributed by atoms with Gasteiger partial charge in [0.1, 0.15) is 11.3 Å². The van der Waals surface area contributed by atoms with E-state index in [4.69, 9.17) is 34.8 Å². The Morgan fingerprint density at radius 3 is 2.64 bits per heavy atom. The van der Waals surface area contributed by atoms with Gasteiger partial charge in [0.2, 0.25) is 0 Å². The predicted octanol–water partition coefficient (Wildman–Crippen LogP) is 5.65. The molecular formula is C14H6Cl3FN2OS. The summed E-state index contributed by atoms with van der Waals surface area (Å²) in [7, 11) is 0. The summed E-state index contributed by atoms with van der Waals surface area (Å²) in [5.41, 5.74) is 0.672. The van der Waals surface area contributed by atoms with Gasteiger partial charge in [-0.1, -0.05) is 46.1 Å². The lowest BCUT2D eigenvalue weighted by atomic mass is 10.2. The maximum Gasteiger partial charge on any atom is 0.258 e. The minimum atomic E-state index is -0.511. The average molecular weight is 376 g/mol. The highest BCUT2D eigenvalue weighted by Crippen LogP contribution is 2.35. The molecule has 0 radical (unpaired) electrons. The van der Waals surface area contributed by atoms with Gasteiger partial charge in [-0.15, -0.1) is 0 Å². The van der Waals surface area contributed by atoms with Gasteiger partial charge in [0.25, 0.3) is 5.91 Å². The number of carbonyl (C=O) groups is 1. The van der Waals surface area contributed by atoms with Gasteiger partial charge >= 0.3 is 0 Å². The van der Waals surface area contributed by atoms with Gasteiger partial charge < -0.3 is 0 Å². The molecule has 0 saturated heterocycles. The zero-order chi connectivity index (χ0) is 15.9. The van der Waals surface area contributed by atoms with Gasteiger partial charge in [-0.05, 0) is 30.3 Å². The SMILES string of the molecule is O=C(Nc1nc2c(Cl)c(Cl)ccc2s1)c1ccc(F)cc1Cl. The summed E-state index contributed by atoms with van der Waals surface area (Å²) in [5, 5.41) is 3.71. The number of benzene rings is 2. The van der Waals surface area contributed by atoms with E-state index < -0.39 is 11.7 Å². The van der Waals surface area contributed by atoms with Crippen molar-refractivity contribution in [3.8, 4) is 0 Å². The number of carbonyl (C=O) groups excluding carboxylic acids is 1. The van der Waals surface area contributed by atoms with Crippen molar-refractivity contribution in [1.82, 2.24) is 4.98 Å². The second-order valence-electron chi connectivity index (χ2n) is 4.31. The lowest BCUT2D eigenvalue weighted by molar-refractivity contribution is 0.102. The minimum Gasteiger partial charge on any atom is -0.298 e. The summed E-state index contributed by atoms with van der Waals surface area (Å²) >= 11 is 19.1. The van der Waals surface area contributed by atoms with Crippen LogP contribution in [0.4, 0.5) is 9.52 Å². The van der Waals surface area contributed by atoms with E-state index in [2.05, 4.69) is 10.3 Å². The van der Waals surface area contributed by atoms with Crippen molar-refractivity contribution >= 4 is 67.4 Å². The van der Waals surface area contributed by atoms with Crippen LogP contribution in [0.2, 0.25) is 15.1 Å². The summed E-state index contributed by atoms with van der Waals surface area (Å²) in [4.78, 5) is 16.4. The third-order valence-corrected chi connectivity index (χ3v) is 4.89. The van der Waals surface area contributed by atoms with Crippen molar-refractivity contribution in [2.75, 3.05) is 5.32 Å². The quantitative estimate of drug-likeness (QED) is 0.629. The molecule has 1 aromatic heterocycles. The van der Waals surface area contributed by atoms with Crippen LogP contribution in [-0.2, 0) is 0 Å². The van der Waals surface area contributed by atoms with Crippen LogP contribution >= 0.6 is 46.1 Å². The van der Waals surface area contributed by atoms with Crippen molar-refractivity contribution in [3.05, 3.63) is 56.8 Å². The van der Waals surface area contributed by atoms with E-state index in [9.17, 15) is 9.18 Å². The number of amides is 1. The highest BCUT2D eigenvalue weighted by Gasteiger charge is 2.15. The van der Waals surface area contributed by atoms with Crippen molar-refractivity contribution < 1.29 is 9.18 Å². The van der Waals surface area contributed by atoms with Crippen molar-refractivity contribution in [2.24, 2.45) is 0 Å². The predicted molar refractivity (Wildman–Crippen MR) is 89.0 cm³/mol. The van der Waals surface area contributed by atoms with Crippen LogP contribution in [0.15, 0.2) is 30.3 Å². The fourth-order valence-electron chi connectivity index (χ4n) is 1.83. The fraction of sp³-hybridized carbons (Fsp3) is 0. The number of anilines is 1. The van der Waals surface area contributed by atoms with E-state index in [0.717, 1.165) is 16.8 Å². The molecular weight excluding hydrogens is 370 g/mol. The van der Waals surface area contributed by atoms with Crippen LogP contribution in [-0.4, -0.2) is 10.9 Å². The number of rotatable bonds is 2. The van der Waals surface area contributed by atoms with E-state index in [1.807, 2.05) is 0 Å². The van der Waals surface area contributed by atoms with Crippen molar-refractivity contribution in [1.29, 1.82) is 0 Å². The number of nitrogens with one attached hydrogen (secondary N) is 1. The Hall–Kier alpha value is -1.40. The summed E-state index contributed by atoms with van der Waals surface area (Å²) in [6, 6.07) is 6.97. The molecule has 0 aliphatic heterocycles. The summed E-state index contributed by atoms with van der Waals surface area (Å²) in [5.74, 6) is -0.991. The number of hydrogen-bond acceptors (Lipinski definition) is 3. The Kier molecular flexibility index (Phi) is 4.23. The molecule has 0 aliphatic carbocycles. The van der Waals surface area contributed by atoms with Gasteiger partial charge in [-0.2, -0.15) is 0 Å². The van der Waals surface area contributed by atoms with Gasteiger partial charge in [0.15, 0.2) is 5.13 Å². The highest BCUT2D eigenvalue weighted by atomic mass is 35.5. The molecule has 3 aromatic rings. The maximum absolute atomic E-state index is 13.0. The number of thiazole rings is 1. The molecule has 0 spiro atoms. The Morgan fingerprint density at radius 1 is 1.14 bits per heavy atom. The van der Waals surface area contributed by atoms with E-state index in [1.165, 1.54) is 17.4 Å². The molecule has 0 bridgehead atoms. The van der Waals surface area contributed by atoms with E-state index in [1.54, 1.807) is 12.1 Å². The van der Waals surface area contributed by atoms with Gasteiger partial charge in [-0.3, -0.25) is 10.1 Å². The number of aromatic nitrogens is 1. The number of nitrogens with zero attached hydrogens (tertiary/aromatic N) is 1. The van der Waals surface area contributed by atoms with Gasteiger partial charge in [0.05, 0.1) is 25.3 Å². The second kappa shape index (κ2) is 6.01. The Balaban J connectivity index is 1.92. The lowest BCUT2D eigenvalue weighted by Gasteiger charge is -2.03. The fourth-order valence-corrected chi connectivity index (χ4v) is 3.37. The van der Waals surface area contributed by atoms with Gasteiger partial charge in [0, 0.05) is 0 Å². The molecule has 22 heavy (non-hydrogen) atoms. The number of fused-ring (bicyclic) bond motifs is 1. The molecule has 0 fully saturated rings. The average Bonchev–Trinajstić information content (AvgIpc) is 2.86. The molecule has 1 N–H and O–H groups in total. The normalized spacial score (nSPS) is 10.9. The van der Waals surface area contributed by atoms with Crippen LogP contribution in [0.5, 0.6) is 0 Å². The molecule has 8 heteroatoms. The monoisotopic (exact) mass is 374 g/mol. The molecule has 0 unspecified atom stereocenters. The third-order valence-electron chi connectivity index (χ3n) is 2.85. The molecule has 1 amide bonds. The maximum atomic E-state index is 13.0. The largest absolute Gasteiger partial charge is 0.298 e. The first-order valence-corrected chi connectivity index (χ1v) is 7.91. The Labute approximate surface area is 143 Å². The Morgan fingerprint density at radius 2 is 1.91 bits per heavy atom. The molecule has 0 atom stereocenters. The van der Waals surface area contributed by atoms with E-state index in [0.29, 0.717) is 20.7 Å². The summed E-state index contributed by atoms with van der Waals surface area (Å²) in [6.45, 7) is 0. The van der Waals surface area contributed by atoms with E-state index >= 15 is 0 Å². The van der Waals surface area contributed by atoms with Crippen molar-refractivity contribution in [3.63, 3.8) is 0 Å². The molecule has 112 valence electrons. The van der Waals surface area contributed by atoms with Crippen LogP contribution < -0.4 is 5.32 Å². The first kappa shape index (κ1) is 15.5.